The number of benzene rings is 2. The van der Waals surface area contributed by atoms with Gasteiger partial charge in [0.1, 0.15) is 5.75 Å². The summed E-state index contributed by atoms with van der Waals surface area (Å²) in [6.07, 6.45) is 4.48. The first-order valence-electron chi connectivity index (χ1n) is 14.7. The van der Waals surface area contributed by atoms with Crippen LogP contribution in [0.1, 0.15) is 67.8 Å². The molecule has 222 valence electrons. The van der Waals surface area contributed by atoms with Gasteiger partial charge in [0.25, 0.3) is 11.8 Å². The molecule has 0 aromatic heterocycles. The highest BCUT2D eigenvalue weighted by Crippen LogP contribution is 2.33. The normalized spacial score (nSPS) is 15.8. The third kappa shape index (κ3) is 8.84. The van der Waals surface area contributed by atoms with Crippen molar-refractivity contribution in [3.05, 3.63) is 58.6 Å². The van der Waals surface area contributed by atoms with Crippen LogP contribution in [0.2, 0.25) is 5.02 Å². The Bertz CT molecular complexity index is 1200. The molecule has 4 amide bonds. The van der Waals surface area contributed by atoms with E-state index < -0.39 is 0 Å². The van der Waals surface area contributed by atoms with Crippen LogP contribution in [0, 0.1) is 0 Å². The Hall–Kier alpha value is -3.30. The minimum absolute atomic E-state index is 0.0129. The number of hydrogen-bond donors (Lipinski definition) is 3. The summed E-state index contributed by atoms with van der Waals surface area (Å²) in [5, 5.41) is 9.26. The van der Waals surface area contributed by atoms with Crippen LogP contribution < -0.4 is 25.6 Å². The number of para-hydroxylation sites is 2. The second kappa shape index (κ2) is 15.1. The van der Waals surface area contributed by atoms with Crippen molar-refractivity contribution in [3.8, 4) is 5.75 Å². The SMILES string of the molecule is CC(C)NC(=O)NCCCCCNC(=O)c1cc(Cl)ccc1C1CCN(CCN2C(=O)COc3ccccc32)CC1. The van der Waals surface area contributed by atoms with E-state index in [4.69, 9.17) is 16.3 Å². The Labute approximate surface area is 247 Å². The molecule has 1 saturated heterocycles. The lowest BCUT2D eigenvalue weighted by Crippen LogP contribution is -2.45. The van der Waals surface area contributed by atoms with E-state index in [9.17, 15) is 14.4 Å². The molecule has 0 saturated carbocycles. The summed E-state index contributed by atoms with van der Waals surface area (Å²) < 4.78 is 5.56. The molecule has 0 spiro atoms. The Morgan fingerprint density at radius 3 is 2.49 bits per heavy atom. The van der Waals surface area contributed by atoms with Crippen molar-refractivity contribution in [1.82, 2.24) is 20.9 Å². The zero-order valence-corrected chi connectivity index (χ0v) is 24.8. The Kier molecular flexibility index (Phi) is 11.3. The average molecular weight is 584 g/mol. The monoisotopic (exact) mass is 583 g/mol. The van der Waals surface area contributed by atoms with Crippen molar-refractivity contribution in [3.63, 3.8) is 0 Å². The number of halogens is 1. The molecule has 2 aliphatic heterocycles. The Morgan fingerprint density at radius 1 is 1.00 bits per heavy atom. The van der Waals surface area contributed by atoms with Crippen molar-refractivity contribution >= 4 is 35.1 Å². The second-order valence-corrected chi connectivity index (χ2v) is 11.5. The number of unbranched alkanes of at least 4 members (excludes halogenated alkanes) is 2. The summed E-state index contributed by atoms with van der Waals surface area (Å²) >= 11 is 6.29. The van der Waals surface area contributed by atoms with Gasteiger partial charge in [0.15, 0.2) is 6.61 Å². The molecule has 9 nitrogen and oxygen atoms in total. The van der Waals surface area contributed by atoms with Gasteiger partial charge in [-0.15, -0.1) is 0 Å². The summed E-state index contributed by atoms with van der Waals surface area (Å²) in [6.45, 7) is 8.33. The lowest BCUT2D eigenvalue weighted by atomic mass is 9.86. The predicted octanol–water partition coefficient (Wildman–Crippen LogP) is 4.55. The molecule has 2 heterocycles. The van der Waals surface area contributed by atoms with Gasteiger partial charge in [0.05, 0.1) is 5.69 Å². The van der Waals surface area contributed by atoms with E-state index in [0.29, 0.717) is 30.2 Å². The first-order valence-corrected chi connectivity index (χ1v) is 15.1. The van der Waals surface area contributed by atoms with Gasteiger partial charge in [-0.05, 0) is 94.8 Å². The molecular formula is C31H42ClN5O4. The lowest BCUT2D eigenvalue weighted by Gasteiger charge is -2.35. The van der Waals surface area contributed by atoms with Crippen LogP contribution in [0.3, 0.4) is 0 Å². The van der Waals surface area contributed by atoms with Gasteiger partial charge in [-0.25, -0.2) is 4.79 Å². The molecule has 3 N–H and O–H groups in total. The fourth-order valence-electron chi connectivity index (χ4n) is 5.43. The van der Waals surface area contributed by atoms with E-state index in [1.54, 1.807) is 6.07 Å². The van der Waals surface area contributed by atoms with E-state index in [1.165, 1.54) is 0 Å². The molecule has 10 heteroatoms. The molecule has 4 rings (SSSR count). The zero-order valence-electron chi connectivity index (χ0n) is 24.1. The number of fused-ring (bicyclic) bond motifs is 1. The number of anilines is 1. The highest BCUT2D eigenvalue weighted by Gasteiger charge is 2.28. The molecule has 2 aliphatic rings. The number of nitrogens with one attached hydrogen (secondary N) is 3. The number of hydrogen-bond acceptors (Lipinski definition) is 5. The van der Waals surface area contributed by atoms with Crippen molar-refractivity contribution < 1.29 is 19.1 Å². The fourth-order valence-corrected chi connectivity index (χ4v) is 5.60. The number of likely N-dealkylation sites (tertiary alicyclic amines) is 1. The predicted molar refractivity (Wildman–Crippen MR) is 162 cm³/mol. The molecule has 1 fully saturated rings. The van der Waals surface area contributed by atoms with Crippen LogP contribution in [0.25, 0.3) is 0 Å². The van der Waals surface area contributed by atoms with Gasteiger partial charge in [-0.3, -0.25) is 9.59 Å². The Balaban J connectivity index is 1.22. The zero-order chi connectivity index (χ0) is 29.2. The maximum absolute atomic E-state index is 13.1. The molecule has 2 aromatic rings. The Morgan fingerprint density at radius 2 is 1.73 bits per heavy atom. The van der Waals surface area contributed by atoms with Crippen LogP contribution in [0.5, 0.6) is 5.75 Å². The number of ether oxygens (including phenoxy) is 1. The van der Waals surface area contributed by atoms with Crippen LogP contribution in [0.4, 0.5) is 10.5 Å². The van der Waals surface area contributed by atoms with Crippen molar-refractivity contribution in [2.45, 2.75) is 57.9 Å². The molecule has 0 aliphatic carbocycles. The smallest absolute Gasteiger partial charge is 0.314 e. The summed E-state index contributed by atoms with van der Waals surface area (Å²) in [7, 11) is 0. The minimum atomic E-state index is -0.148. The maximum atomic E-state index is 13.1. The van der Waals surface area contributed by atoms with Crippen LogP contribution in [-0.4, -0.2) is 74.7 Å². The molecule has 0 radical (unpaired) electrons. The topological polar surface area (TPSA) is 103 Å². The van der Waals surface area contributed by atoms with Gasteiger partial charge >= 0.3 is 6.03 Å². The van der Waals surface area contributed by atoms with Gasteiger partial charge in [0.2, 0.25) is 0 Å². The molecule has 0 unspecified atom stereocenters. The third-order valence-electron chi connectivity index (χ3n) is 7.58. The number of carbonyl (C=O) groups excluding carboxylic acids is 3. The summed E-state index contributed by atoms with van der Waals surface area (Å²) in [4.78, 5) is 41.5. The number of nitrogens with zero attached hydrogens (tertiary/aromatic N) is 2. The van der Waals surface area contributed by atoms with Gasteiger partial charge in [0, 0.05) is 42.8 Å². The highest BCUT2D eigenvalue weighted by molar-refractivity contribution is 6.31. The van der Waals surface area contributed by atoms with Crippen molar-refractivity contribution in [2.24, 2.45) is 0 Å². The number of carbonyl (C=O) groups is 3. The minimum Gasteiger partial charge on any atom is -0.482 e. The van der Waals surface area contributed by atoms with Crippen LogP contribution >= 0.6 is 11.6 Å². The summed E-state index contributed by atoms with van der Waals surface area (Å²) in [5.41, 5.74) is 2.53. The number of piperidine rings is 1. The lowest BCUT2D eigenvalue weighted by molar-refractivity contribution is -0.121. The van der Waals surface area contributed by atoms with Gasteiger partial charge in [-0.2, -0.15) is 0 Å². The fraction of sp³-hybridized carbons (Fsp3) is 0.516. The molecule has 0 bridgehead atoms. The number of amides is 4. The number of rotatable bonds is 12. The van der Waals surface area contributed by atoms with Crippen LogP contribution in [0.15, 0.2) is 42.5 Å². The highest BCUT2D eigenvalue weighted by atomic mass is 35.5. The maximum Gasteiger partial charge on any atom is 0.314 e. The van der Waals surface area contributed by atoms with Crippen molar-refractivity contribution in [2.75, 3.05) is 50.8 Å². The average Bonchev–Trinajstić information content (AvgIpc) is 2.96. The molecule has 41 heavy (non-hydrogen) atoms. The first-order chi connectivity index (χ1) is 19.8. The van der Waals surface area contributed by atoms with E-state index in [0.717, 1.165) is 68.7 Å². The first kappa shape index (κ1) is 30.7. The quantitative estimate of drug-likeness (QED) is 0.318. The molecule has 2 aromatic carbocycles. The van der Waals surface area contributed by atoms with Gasteiger partial charge < -0.3 is 30.5 Å². The summed E-state index contributed by atoms with van der Waals surface area (Å²) in [5.74, 6) is 0.922. The second-order valence-electron chi connectivity index (χ2n) is 11.0. The van der Waals surface area contributed by atoms with Crippen molar-refractivity contribution in [1.29, 1.82) is 0 Å². The molecular weight excluding hydrogens is 542 g/mol. The molecule has 0 atom stereocenters. The van der Waals surface area contributed by atoms with Gasteiger partial charge in [-0.1, -0.05) is 29.8 Å². The van der Waals surface area contributed by atoms with E-state index in [2.05, 4.69) is 20.9 Å². The number of urea groups is 1. The van der Waals surface area contributed by atoms with Crippen LogP contribution in [-0.2, 0) is 4.79 Å². The van der Waals surface area contributed by atoms with E-state index in [1.807, 2.05) is 55.1 Å². The largest absolute Gasteiger partial charge is 0.482 e. The van der Waals surface area contributed by atoms with E-state index in [-0.39, 0.29) is 36.4 Å². The summed E-state index contributed by atoms with van der Waals surface area (Å²) in [6, 6.07) is 13.3. The standard InChI is InChI=1S/C31H42ClN5O4/c1-22(2)35-31(40)34-15-7-3-6-14-33-30(39)26-20-24(32)10-11-25(26)23-12-16-36(17-13-23)18-19-37-27-8-4-5-9-28(27)41-21-29(37)38/h4-5,8-11,20,22-23H,3,6-7,12-19,21H2,1-2H3,(H,33,39)(H2,34,35,40). The van der Waals surface area contributed by atoms with E-state index >= 15 is 0 Å². The third-order valence-corrected chi connectivity index (χ3v) is 7.81.